The standard InChI is InChI=1S/C8H16O5/c1-7(2,3)12-13-8(4,5)11-6(9)10/h1-5H3,(H,9,10). The summed E-state index contributed by atoms with van der Waals surface area (Å²) in [5, 5.41) is 8.32. The van der Waals surface area contributed by atoms with Gasteiger partial charge in [-0.05, 0) is 20.8 Å². The molecule has 5 nitrogen and oxygen atoms in total. The summed E-state index contributed by atoms with van der Waals surface area (Å²) in [4.78, 5) is 19.9. The van der Waals surface area contributed by atoms with Crippen molar-refractivity contribution in [3.05, 3.63) is 0 Å². The highest BCUT2D eigenvalue weighted by molar-refractivity contribution is 5.57. The number of hydrogen-bond donors (Lipinski definition) is 1. The van der Waals surface area contributed by atoms with E-state index in [-0.39, 0.29) is 0 Å². The molecule has 0 aromatic carbocycles. The molecule has 0 spiro atoms. The Morgan fingerprint density at radius 3 is 1.85 bits per heavy atom. The molecule has 78 valence electrons. The van der Waals surface area contributed by atoms with Crippen LogP contribution in [0.25, 0.3) is 0 Å². The molecule has 0 radical (unpaired) electrons. The molecule has 0 rings (SSSR count). The van der Waals surface area contributed by atoms with Crippen molar-refractivity contribution in [3.8, 4) is 0 Å². The fourth-order valence-corrected chi connectivity index (χ4v) is 0.453. The largest absolute Gasteiger partial charge is 0.508 e. The van der Waals surface area contributed by atoms with E-state index < -0.39 is 17.5 Å². The van der Waals surface area contributed by atoms with Gasteiger partial charge in [0.05, 0.1) is 5.60 Å². The van der Waals surface area contributed by atoms with Gasteiger partial charge in [0.2, 0.25) is 5.79 Å². The molecule has 0 aromatic heterocycles. The third-order valence-electron chi connectivity index (χ3n) is 0.825. The van der Waals surface area contributed by atoms with Gasteiger partial charge >= 0.3 is 6.16 Å². The Labute approximate surface area is 77.5 Å². The third kappa shape index (κ3) is 7.55. The van der Waals surface area contributed by atoms with E-state index in [0.717, 1.165) is 0 Å². The Morgan fingerprint density at radius 1 is 1.08 bits per heavy atom. The topological polar surface area (TPSA) is 65.0 Å². The smallest absolute Gasteiger partial charge is 0.450 e. The summed E-state index contributed by atoms with van der Waals surface area (Å²) in [6.45, 7) is 8.25. The van der Waals surface area contributed by atoms with Crippen molar-refractivity contribution in [2.24, 2.45) is 0 Å². The molecule has 0 saturated carbocycles. The molecule has 0 unspecified atom stereocenters. The van der Waals surface area contributed by atoms with Crippen molar-refractivity contribution in [2.45, 2.75) is 46.0 Å². The molecule has 0 atom stereocenters. The summed E-state index contributed by atoms with van der Waals surface area (Å²) in [6, 6.07) is 0. The molecule has 0 heterocycles. The molecule has 1 N–H and O–H groups in total. The fraction of sp³-hybridized carbons (Fsp3) is 0.875. The van der Waals surface area contributed by atoms with Crippen molar-refractivity contribution in [2.75, 3.05) is 0 Å². The van der Waals surface area contributed by atoms with E-state index in [9.17, 15) is 4.79 Å². The lowest BCUT2D eigenvalue weighted by atomic mass is 10.2. The molecule has 5 heteroatoms. The zero-order valence-electron chi connectivity index (χ0n) is 8.58. The molecule has 0 aliphatic heterocycles. The van der Waals surface area contributed by atoms with Crippen LogP contribution in [0.15, 0.2) is 0 Å². The van der Waals surface area contributed by atoms with Gasteiger partial charge in [-0.25, -0.2) is 9.68 Å². The van der Waals surface area contributed by atoms with Crippen LogP contribution >= 0.6 is 0 Å². The first-order chi connectivity index (χ1) is 5.62. The minimum atomic E-state index is -1.40. The highest BCUT2D eigenvalue weighted by Gasteiger charge is 2.27. The number of carbonyl (C=O) groups is 1. The average Bonchev–Trinajstić information content (AvgIpc) is 1.79. The minimum absolute atomic E-state index is 0.501. The zero-order chi connectivity index (χ0) is 10.7. The van der Waals surface area contributed by atoms with Crippen LogP contribution in [0.2, 0.25) is 0 Å². The van der Waals surface area contributed by atoms with Gasteiger partial charge in [0, 0.05) is 13.8 Å². The second-order valence-corrected chi connectivity index (χ2v) is 4.05. The maximum Gasteiger partial charge on any atom is 0.508 e. The summed E-state index contributed by atoms with van der Waals surface area (Å²) in [6.07, 6.45) is -1.40. The number of rotatable bonds is 3. The summed E-state index contributed by atoms with van der Waals surface area (Å²) in [7, 11) is 0. The monoisotopic (exact) mass is 192 g/mol. The van der Waals surface area contributed by atoms with Gasteiger partial charge in [-0.15, -0.1) is 0 Å². The fourth-order valence-electron chi connectivity index (χ4n) is 0.453. The predicted molar refractivity (Wildman–Crippen MR) is 45.1 cm³/mol. The lowest BCUT2D eigenvalue weighted by molar-refractivity contribution is -0.440. The Kier molecular flexibility index (Phi) is 3.69. The molecule has 0 aliphatic carbocycles. The lowest BCUT2D eigenvalue weighted by Gasteiger charge is -2.26. The predicted octanol–water partition coefficient (Wildman–Crippen LogP) is 2.16. The van der Waals surface area contributed by atoms with Gasteiger partial charge in [-0.2, -0.15) is 4.89 Å². The van der Waals surface area contributed by atoms with Crippen molar-refractivity contribution in [1.29, 1.82) is 0 Å². The summed E-state index contributed by atoms with van der Waals surface area (Å²) in [5.74, 6) is -1.29. The maximum absolute atomic E-state index is 10.2. The first-order valence-corrected chi connectivity index (χ1v) is 3.91. The van der Waals surface area contributed by atoms with E-state index in [1.807, 2.05) is 0 Å². The summed E-state index contributed by atoms with van der Waals surface area (Å²) < 4.78 is 4.40. The molecule has 0 amide bonds. The second-order valence-electron chi connectivity index (χ2n) is 4.05. The van der Waals surface area contributed by atoms with Crippen LogP contribution < -0.4 is 0 Å². The van der Waals surface area contributed by atoms with Gasteiger partial charge in [0.25, 0.3) is 0 Å². The zero-order valence-corrected chi connectivity index (χ0v) is 8.58. The van der Waals surface area contributed by atoms with Crippen LogP contribution in [-0.4, -0.2) is 22.7 Å². The van der Waals surface area contributed by atoms with E-state index >= 15 is 0 Å². The van der Waals surface area contributed by atoms with Crippen LogP contribution in [-0.2, 0) is 14.5 Å². The Morgan fingerprint density at radius 2 is 1.54 bits per heavy atom. The van der Waals surface area contributed by atoms with Gasteiger partial charge in [-0.3, -0.25) is 0 Å². The molecular formula is C8H16O5. The molecule has 13 heavy (non-hydrogen) atoms. The van der Waals surface area contributed by atoms with Gasteiger partial charge in [0.1, 0.15) is 0 Å². The van der Waals surface area contributed by atoms with Crippen LogP contribution in [0.4, 0.5) is 4.79 Å². The van der Waals surface area contributed by atoms with Crippen molar-refractivity contribution < 1.29 is 24.4 Å². The first kappa shape index (κ1) is 12.2. The highest BCUT2D eigenvalue weighted by Crippen LogP contribution is 2.17. The SMILES string of the molecule is CC(C)(C)OOC(C)(C)OC(=O)O. The van der Waals surface area contributed by atoms with E-state index in [2.05, 4.69) is 4.74 Å². The van der Waals surface area contributed by atoms with Crippen LogP contribution in [0.3, 0.4) is 0 Å². The molecule has 0 aromatic rings. The normalized spacial score (nSPS) is 12.7. The summed E-state index contributed by atoms with van der Waals surface area (Å²) in [5.41, 5.74) is -0.501. The number of ether oxygens (including phenoxy) is 1. The molecule has 0 saturated heterocycles. The lowest BCUT2D eigenvalue weighted by Crippen LogP contribution is -2.34. The molecule has 0 fully saturated rings. The van der Waals surface area contributed by atoms with Crippen LogP contribution in [0.5, 0.6) is 0 Å². The Bertz CT molecular complexity index is 179. The van der Waals surface area contributed by atoms with E-state index in [4.69, 9.17) is 14.9 Å². The molecular weight excluding hydrogens is 176 g/mol. The Balaban J connectivity index is 3.96. The number of hydrogen-bond acceptors (Lipinski definition) is 4. The van der Waals surface area contributed by atoms with E-state index in [1.165, 1.54) is 13.8 Å². The number of carboxylic acid groups (broad SMARTS) is 1. The molecule has 0 bridgehead atoms. The third-order valence-corrected chi connectivity index (χ3v) is 0.825. The van der Waals surface area contributed by atoms with Crippen molar-refractivity contribution >= 4 is 6.16 Å². The Hall–Kier alpha value is -0.810. The highest BCUT2D eigenvalue weighted by atomic mass is 17.2. The van der Waals surface area contributed by atoms with Gasteiger partial charge in [0.15, 0.2) is 0 Å². The average molecular weight is 192 g/mol. The quantitative estimate of drug-likeness (QED) is 0.321. The maximum atomic E-state index is 10.2. The second kappa shape index (κ2) is 3.93. The van der Waals surface area contributed by atoms with Gasteiger partial charge in [-0.1, -0.05) is 0 Å². The minimum Gasteiger partial charge on any atom is -0.450 e. The van der Waals surface area contributed by atoms with Crippen LogP contribution in [0, 0.1) is 0 Å². The van der Waals surface area contributed by atoms with E-state index in [0.29, 0.717) is 0 Å². The van der Waals surface area contributed by atoms with E-state index in [1.54, 1.807) is 20.8 Å². The van der Waals surface area contributed by atoms with Crippen molar-refractivity contribution in [3.63, 3.8) is 0 Å². The first-order valence-electron chi connectivity index (χ1n) is 3.91. The van der Waals surface area contributed by atoms with Gasteiger partial charge < -0.3 is 9.84 Å². The molecule has 0 aliphatic rings. The van der Waals surface area contributed by atoms with Crippen LogP contribution in [0.1, 0.15) is 34.6 Å². The summed E-state index contributed by atoms with van der Waals surface area (Å²) >= 11 is 0. The van der Waals surface area contributed by atoms with Crippen molar-refractivity contribution in [1.82, 2.24) is 0 Å².